The van der Waals surface area contributed by atoms with Crippen LogP contribution >= 0.6 is 0 Å². The number of carbonyl (C=O) groups is 1. The van der Waals surface area contributed by atoms with Gasteiger partial charge in [0.05, 0.1) is 11.5 Å². The normalized spacial score (nSPS) is 12.7. The fourth-order valence-electron chi connectivity index (χ4n) is 2.89. The van der Waals surface area contributed by atoms with Crippen LogP contribution in [0.1, 0.15) is 11.1 Å². The van der Waals surface area contributed by atoms with Crippen LogP contribution in [0.4, 0.5) is 11.4 Å². The predicted octanol–water partition coefficient (Wildman–Crippen LogP) is 2.74. The van der Waals surface area contributed by atoms with Gasteiger partial charge in [-0.2, -0.15) is 0 Å². The maximum atomic E-state index is 12.3. The summed E-state index contributed by atoms with van der Waals surface area (Å²) in [6.45, 7) is 3.56. The van der Waals surface area contributed by atoms with E-state index in [0.717, 1.165) is 17.1 Å². The molecule has 0 atom stereocenters. The molecule has 3 rings (SSSR count). The summed E-state index contributed by atoms with van der Waals surface area (Å²) >= 11 is 0. The number of rotatable bonds is 6. The number of nitrogens with one attached hydrogen (secondary N) is 1. The Bertz CT molecular complexity index is 868. The zero-order valence-electron chi connectivity index (χ0n) is 15.2. The number of ether oxygens (including phenoxy) is 2. The molecule has 0 saturated carbocycles. The van der Waals surface area contributed by atoms with Gasteiger partial charge in [-0.1, -0.05) is 6.07 Å². The maximum absolute atomic E-state index is 12.3. The third-order valence-corrected chi connectivity index (χ3v) is 4.17. The van der Waals surface area contributed by atoms with Gasteiger partial charge in [-0.15, -0.1) is 0 Å². The number of amides is 1. The Hall–Kier alpha value is -3.13. The molecule has 0 saturated heterocycles. The lowest BCUT2D eigenvalue weighted by Gasteiger charge is -2.21. The highest BCUT2D eigenvalue weighted by atomic mass is 16.6. The minimum absolute atomic E-state index is 0.00113. The first kappa shape index (κ1) is 18.7. The van der Waals surface area contributed by atoms with Crippen molar-refractivity contribution in [2.45, 2.75) is 13.5 Å². The summed E-state index contributed by atoms with van der Waals surface area (Å²) < 4.78 is 11.1. The van der Waals surface area contributed by atoms with E-state index in [-0.39, 0.29) is 18.1 Å². The first-order valence-corrected chi connectivity index (χ1v) is 8.54. The number of non-ortho nitro benzene ring substituents is 1. The molecule has 0 spiro atoms. The van der Waals surface area contributed by atoms with Gasteiger partial charge < -0.3 is 14.8 Å². The van der Waals surface area contributed by atoms with Gasteiger partial charge in [-0.3, -0.25) is 19.8 Å². The lowest BCUT2D eigenvalue weighted by molar-refractivity contribution is -0.384. The van der Waals surface area contributed by atoms with Crippen LogP contribution in [0.3, 0.4) is 0 Å². The molecule has 8 nitrogen and oxygen atoms in total. The lowest BCUT2D eigenvalue weighted by atomic mass is 10.1. The van der Waals surface area contributed by atoms with Crippen molar-refractivity contribution in [3.05, 3.63) is 57.6 Å². The standard InChI is InChI=1S/C19H21N3O5/c1-13-9-15(22(24)25)4-5-16(13)20-19(23)12-21(2)11-14-3-6-17-18(10-14)27-8-7-26-17/h3-6,9-10H,7-8,11-12H2,1-2H3,(H,20,23). The van der Waals surface area contributed by atoms with Crippen LogP contribution in [0.25, 0.3) is 0 Å². The Balaban J connectivity index is 1.57. The summed E-state index contributed by atoms with van der Waals surface area (Å²) in [7, 11) is 1.85. The number of hydrogen-bond donors (Lipinski definition) is 1. The maximum Gasteiger partial charge on any atom is 0.269 e. The van der Waals surface area contributed by atoms with E-state index in [2.05, 4.69) is 5.32 Å². The highest BCUT2D eigenvalue weighted by molar-refractivity contribution is 5.93. The lowest BCUT2D eigenvalue weighted by Crippen LogP contribution is -2.30. The summed E-state index contributed by atoms with van der Waals surface area (Å²) in [5.74, 6) is 1.27. The number of carbonyl (C=O) groups excluding carboxylic acids is 1. The van der Waals surface area contributed by atoms with Crippen molar-refractivity contribution < 1.29 is 19.2 Å². The van der Waals surface area contributed by atoms with E-state index in [4.69, 9.17) is 9.47 Å². The molecule has 0 fully saturated rings. The van der Waals surface area contributed by atoms with E-state index in [1.54, 1.807) is 13.0 Å². The fraction of sp³-hybridized carbons (Fsp3) is 0.316. The van der Waals surface area contributed by atoms with E-state index < -0.39 is 4.92 Å². The number of anilines is 1. The molecule has 2 aromatic carbocycles. The van der Waals surface area contributed by atoms with Crippen LogP contribution < -0.4 is 14.8 Å². The number of likely N-dealkylation sites (N-methyl/N-ethyl adjacent to an activating group) is 1. The molecule has 1 aliphatic heterocycles. The molecular formula is C19H21N3O5. The molecule has 0 aliphatic carbocycles. The molecular weight excluding hydrogens is 350 g/mol. The molecule has 8 heteroatoms. The Kier molecular flexibility index (Phi) is 5.56. The molecule has 0 bridgehead atoms. The summed E-state index contributed by atoms with van der Waals surface area (Å²) in [4.78, 5) is 24.5. The number of nitro groups is 1. The van der Waals surface area contributed by atoms with E-state index in [1.165, 1.54) is 12.1 Å². The Morgan fingerprint density at radius 3 is 2.63 bits per heavy atom. The van der Waals surface area contributed by atoms with Crippen molar-refractivity contribution >= 4 is 17.3 Å². The molecule has 27 heavy (non-hydrogen) atoms. The predicted molar refractivity (Wildman–Crippen MR) is 100 cm³/mol. The first-order valence-electron chi connectivity index (χ1n) is 8.54. The highest BCUT2D eigenvalue weighted by Gasteiger charge is 2.14. The average molecular weight is 371 g/mol. The van der Waals surface area contributed by atoms with E-state index >= 15 is 0 Å². The zero-order chi connectivity index (χ0) is 19.4. The fourth-order valence-corrected chi connectivity index (χ4v) is 2.89. The van der Waals surface area contributed by atoms with Gasteiger partial charge in [-0.05, 0) is 43.3 Å². The number of benzene rings is 2. The molecule has 1 N–H and O–H groups in total. The van der Waals surface area contributed by atoms with Crippen molar-refractivity contribution in [3.63, 3.8) is 0 Å². The first-order chi connectivity index (χ1) is 12.9. The van der Waals surface area contributed by atoms with Gasteiger partial charge in [0.15, 0.2) is 11.5 Å². The number of nitro benzene ring substituents is 1. The van der Waals surface area contributed by atoms with Gasteiger partial charge in [-0.25, -0.2) is 0 Å². The Morgan fingerprint density at radius 2 is 1.93 bits per heavy atom. The summed E-state index contributed by atoms with van der Waals surface area (Å²) in [5.41, 5.74) is 2.23. The molecule has 2 aromatic rings. The van der Waals surface area contributed by atoms with Gasteiger partial charge in [0.2, 0.25) is 5.91 Å². The molecule has 0 aromatic heterocycles. The number of fused-ring (bicyclic) bond motifs is 1. The zero-order valence-corrected chi connectivity index (χ0v) is 15.2. The van der Waals surface area contributed by atoms with Crippen molar-refractivity contribution in [2.75, 3.05) is 32.1 Å². The number of nitrogens with zero attached hydrogens (tertiary/aromatic N) is 2. The molecule has 142 valence electrons. The second-order valence-electron chi connectivity index (χ2n) is 6.45. The second-order valence-corrected chi connectivity index (χ2v) is 6.45. The summed E-state index contributed by atoms with van der Waals surface area (Å²) in [5, 5.41) is 13.6. The molecule has 0 unspecified atom stereocenters. The van der Waals surface area contributed by atoms with Gasteiger partial charge in [0.25, 0.3) is 5.69 Å². The third-order valence-electron chi connectivity index (χ3n) is 4.17. The number of hydrogen-bond acceptors (Lipinski definition) is 6. The Labute approximate surface area is 156 Å². The van der Waals surface area contributed by atoms with Gasteiger partial charge in [0.1, 0.15) is 13.2 Å². The number of aryl methyl sites for hydroxylation is 1. The van der Waals surface area contributed by atoms with Crippen molar-refractivity contribution in [3.8, 4) is 11.5 Å². The van der Waals surface area contributed by atoms with E-state index in [1.807, 2.05) is 30.1 Å². The quantitative estimate of drug-likeness (QED) is 0.620. The smallest absolute Gasteiger partial charge is 0.269 e. The van der Waals surface area contributed by atoms with Crippen molar-refractivity contribution in [1.29, 1.82) is 0 Å². The molecule has 1 heterocycles. The SMILES string of the molecule is Cc1cc([N+](=O)[O-])ccc1NC(=O)CN(C)Cc1ccc2c(c1)OCCO2. The van der Waals surface area contributed by atoms with Crippen LogP contribution in [0.5, 0.6) is 11.5 Å². The van der Waals surface area contributed by atoms with E-state index in [9.17, 15) is 14.9 Å². The van der Waals surface area contributed by atoms with Crippen molar-refractivity contribution in [2.24, 2.45) is 0 Å². The third kappa shape index (κ3) is 4.73. The topological polar surface area (TPSA) is 93.9 Å². The summed E-state index contributed by atoms with van der Waals surface area (Å²) in [6, 6.07) is 10.1. The van der Waals surface area contributed by atoms with Crippen LogP contribution in [-0.4, -0.2) is 42.5 Å². The van der Waals surface area contributed by atoms with E-state index in [0.29, 0.717) is 31.0 Å². The van der Waals surface area contributed by atoms with Crippen molar-refractivity contribution in [1.82, 2.24) is 4.90 Å². The Morgan fingerprint density at radius 1 is 1.19 bits per heavy atom. The average Bonchev–Trinajstić information content (AvgIpc) is 2.63. The highest BCUT2D eigenvalue weighted by Crippen LogP contribution is 2.31. The monoisotopic (exact) mass is 371 g/mol. The second kappa shape index (κ2) is 8.05. The minimum atomic E-state index is -0.459. The minimum Gasteiger partial charge on any atom is -0.486 e. The molecule has 1 amide bonds. The van der Waals surface area contributed by atoms with Crippen LogP contribution in [0.2, 0.25) is 0 Å². The van der Waals surface area contributed by atoms with Crippen LogP contribution in [-0.2, 0) is 11.3 Å². The van der Waals surface area contributed by atoms with Crippen LogP contribution in [0.15, 0.2) is 36.4 Å². The molecule has 0 radical (unpaired) electrons. The van der Waals surface area contributed by atoms with Gasteiger partial charge in [0, 0.05) is 24.4 Å². The summed E-state index contributed by atoms with van der Waals surface area (Å²) in [6.07, 6.45) is 0. The van der Waals surface area contributed by atoms with Gasteiger partial charge >= 0.3 is 0 Å². The van der Waals surface area contributed by atoms with Crippen LogP contribution in [0, 0.1) is 17.0 Å². The largest absolute Gasteiger partial charge is 0.486 e. The molecule has 1 aliphatic rings.